The molecule has 1 saturated heterocycles. The minimum Gasteiger partial charge on any atom is -0.361 e. The van der Waals surface area contributed by atoms with Crippen LogP contribution in [0.4, 0.5) is 5.82 Å². The molecule has 0 spiro atoms. The molecule has 0 aliphatic carbocycles. The molecule has 1 aliphatic rings. The summed E-state index contributed by atoms with van der Waals surface area (Å²) in [4.78, 5) is 12.7. The fourth-order valence-corrected chi connectivity index (χ4v) is 3.48. The molecular formula is C19H21ClN4. The van der Waals surface area contributed by atoms with Crippen molar-refractivity contribution in [3.05, 3.63) is 59.4 Å². The van der Waals surface area contributed by atoms with Crippen LogP contribution >= 0.6 is 11.6 Å². The summed E-state index contributed by atoms with van der Waals surface area (Å²) in [6, 6.07) is 12.4. The van der Waals surface area contributed by atoms with Crippen LogP contribution in [0.25, 0.3) is 10.9 Å². The van der Waals surface area contributed by atoms with Gasteiger partial charge in [-0.15, -0.1) is 0 Å². The molecule has 1 N–H and O–H groups in total. The number of pyridine rings is 1. The van der Waals surface area contributed by atoms with Crippen LogP contribution in [-0.4, -0.2) is 47.6 Å². The lowest BCUT2D eigenvalue weighted by Crippen LogP contribution is -2.47. The number of para-hydroxylation sites is 1. The van der Waals surface area contributed by atoms with E-state index >= 15 is 0 Å². The average Bonchev–Trinajstić information content (AvgIpc) is 3.04. The molecule has 1 aliphatic heterocycles. The minimum absolute atomic E-state index is 0.691. The Labute approximate surface area is 147 Å². The van der Waals surface area contributed by atoms with Gasteiger partial charge in [-0.05, 0) is 30.2 Å². The van der Waals surface area contributed by atoms with Crippen LogP contribution in [0.1, 0.15) is 5.56 Å². The second-order valence-corrected chi connectivity index (χ2v) is 6.71. The van der Waals surface area contributed by atoms with Crippen LogP contribution in [0.2, 0.25) is 5.02 Å². The normalized spacial score (nSPS) is 16.0. The number of aromatic nitrogens is 2. The van der Waals surface area contributed by atoms with Gasteiger partial charge in [0, 0.05) is 56.0 Å². The molecule has 0 amide bonds. The Morgan fingerprint density at radius 2 is 1.88 bits per heavy atom. The highest BCUT2D eigenvalue weighted by Crippen LogP contribution is 2.19. The first kappa shape index (κ1) is 15.5. The molecule has 0 saturated carbocycles. The van der Waals surface area contributed by atoms with Gasteiger partial charge in [0.05, 0.1) is 5.02 Å². The van der Waals surface area contributed by atoms with Gasteiger partial charge in [-0.3, -0.25) is 4.90 Å². The number of anilines is 1. The Balaban J connectivity index is 1.32. The summed E-state index contributed by atoms with van der Waals surface area (Å²) >= 11 is 5.91. The van der Waals surface area contributed by atoms with E-state index in [1.807, 2.05) is 12.1 Å². The van der Waals surface area contributed by atoms with E-state index in [4.69, 9.17) is 11.6 Å². The number of rotatable bonds is 4. The molecule has 1 aromatic carbocycles. The Morgan fingerprint density at radius 1 is 1.04 bits per heavy atom. The quantitative estimate of drug-likeness (QED) is 0.788. The van der Waals surface area contributed by atoms with Crippen LogP contribution in [0, 0.1) is 0 Å². The maximum atomic E-state index is 5.91. The molecule has 4 rings (SSSR count). The Morgan fingerprint density at radius 3 is 2.67 bits per heavy atom. The third-order valence-corrected chi connectivity index (χ3v) is 5.00. The minimum atomic E-state index is 0.691. The van der Waals surface area contributed by atoms with E-state index in [-0.39, 0.29) is 0 Å². The maximum Gasteiger partial charge on any atom is 0.128 e. The molecule has 124 valence electrons. The fraction of sp³-hybridized carbons (Fsp3) is 0.316. The Bertz CT molecular complexity index is 804. The lowest BCUT2D eigenvalue weighted by molar-refractivity contribution is 0.260. The van der Waals surface area contributed by atoms with Crippen LogP contribution < -0.4 is 4.90 Å². The van der Waals surface area contributed by atoms with Gasteiger partial charge in [-0.1, -0.05) is 29.8 Å². The van der Waals surface area contributed by atoms with E-state index in [2.05, 4.69) is 50.2 Å². The van der Waals surface area contributed by atoms with E-state index in [0.29, 0.717) is 5.02 Å². The van der Waals surface area contributed by atoms with Gasteiger partial charge in [0.15, 0.2) is 0 Å². The van der Waals surface area contributed by atoms with E-state index in [0.717, 1.165) is 45.0 Å². The highest BCUT2D eigenvalue weighted by Gasteiger charge is 2.18. The molecule has 4 nitrogen and oxygen atoms in total. The van der Waals surface area contributed by atoms with Crippen molar-refractivity contribution in [2.75, 3.05) is 37.6 Å². The predicted molar refractivity (Wildman–Crippen MR) is 99.9 cm³/mol. The lowest BCUT2D eigenvalue weighted by Gasteiger charge is -2.35. The molecule has 2 aromatic heterocycles. The summed E-state index contributed by atoms with van der Waals surface area (Å²) in [6.07, 6.45) is 4.96. The summed E-state index contributed by atoms with van der Waals surface area (Å²) in [5.41, 5.74) is 2.64. The summed E-state index contributed by atoms with van der Waals surface area (Å²) in [7, 11) is 0. The Hall–Kier alpha value is -2.04. The monoisotopic (exact) mass is 340 g/mol. The lowest BCUT2D eigenvalue weighted by atomic mass is 10.1. The first-order chi connectivity index (χ1) is 11.8. The van der Waals surface area contributed by atoms with Crippen LogP contribution in [0.15, 0.2) is 48.8 Å². The zero-order valence-electron chi connectivity index (χ0n) is 13.6. The number of hydrogen-bond donors (Lipinski definition) is 1. The number of hydrogen-bond acceptors (Lipinski definition) is 3. The zero-order chi connectivity index (χ0) is 16.4. The number of piperazine rings is 1. The van der Waals surface area contributed by atoms with E-state index in [9.17, 15) is 0 Å². The van der Waals surface area contributed by atoms with E-state index in [1.165, 1.54) is 16.5 Å². The largest absolute Gasteiger partial charge is 0.361 e. The van der Waals surface area contributed by atoms with Crippen molar-refractivity contribution < 1.29 is 0 Å². The van der Waals surface area contributed by atoms with Crippen molar-refractivity contribution in [2.24, 2.45) is 0 Å². The van der Waals surface area contributed by atoms with Gasteiger partial charge in [0.1, 0.15) is 5.82 Å². The molecule has 0 bridgehead atoms. The Kier molecular flexibility index (Phi) is 4.41. The van der Waals surface area contributed by atoms with Gasteiger partial charge >= 0.3 is 0 Å². The second kappa shape index (κ2) is 6.83. The number of aromatic amines is 1. The smallest absolute Gasteiger partial charge is 0.128 e. The second-order valence-electron chi connectivity index (χ2n) is 6.27. The summed E-state index contributed by atoms with van der Waals surface area (Å²) in [5, 5.41) is 2.04. The molecule has 0 radical (unpaired) electrons. The van der Waals surface area contributed by atoms with Gasteiger partial charge in [0.25, 0.3) is 0 Å². The van der Waals surface area contributed by atoms with Crippen molar-refractivity contribution in [3.8, 4) is 0 Å². The molecular weight excluding hydrogens is 320 g/mol. The van der Waals surface area contributed by atoms with Crippen molar-refractivity contribution in [1.29, 1.82) is 0 Å². The first-order valence-electron chi connectivity index (χ1n) is 8.43. The standard InChI is InChI=1S/C19H21ClN4/c20-16-5-6-19(22-14-16)24-11-9-23(10-12-24)8-7-15-13-21-18-4-2-1-3-17(15)18/h1-6,13-14,21H,7-12H2. The van der Waals surface area contributed by atoms with E-state index in [1.54, 1.807) is 6.20 Å². The molecule has 0 atom stereocenters. The number of nitrogens with zero attached hydrogens (tertiary/aromatic N) is 3. The topological polar surface area (TPSA) is 35.2 Å². The number of benzene rings is 1. The maximum absolute atomic E-state index is 5.91. The number of H-pyrrole nitrogens is 1. The van der Waals surface area contributed by atoms with Crippen LogP contribution in [-0.2, 0) is 6.42 Å². The SMILES string of the molecule is Clc1ccc(N2CCN(CCc3c[nH]c4ccccc34)CC2)nc1. The number of nitrogens with one attached hydrogen (secondary N) is 1. The van der Waals surface area contributed by atoms with Gasteiger partial charge in [-0.25, -0.2) is 4.98 Å². The van der Waals surface area contributed by atoms with Crippen molar-refractivity contribution in [1.82, 2.24) is 14.9 Å². The average molecular weight is 341 g/mol. The highest BCUT2D eigenvalue weighted by molar-refractivity contribution is 6.30. The van der Waals surface area contributed by atoms with Crippen LogP contribution in [0.3, 0.4) is 0 Å². The van der Waals surface area contributed by atoms with Crippen molar-refractivity contribution >= 4 is 28.3 Å². The summed E-state index contributed by atoms with van der Waals surface area (Å²) in [6.45, 7) is 5.29. The van der Waals surface area contributed by atoms with E-state index < -0.39 is 0 Å². The fourth-order valence-electron chi connectivity index (χ4n) is 3.37. The molecule has 0 unspecified atom stereocenters. The molecule has 1 fully saturated rings. The van der Waals surface area contributed by atoms with Gasteiger partial charge in [0.2, 0.25) is 0 Å². The third-order valence-electron chi connectivity index (χ3n) is 4.78. The predicted octanol–water partition coefficient (Wildman–Crippen LogP) is 3.58. The number of fused-ring (bicyclic) bond motifs is 1. The van der Waals surface area contributed by atoms with Gasteiger partial charge < -0.3 is 9.88 Å². The third kappa shape index (κ3) is 3.25. The van der Waals surface area contributed by atoms with Crippen LogP contribution in [0.5, 0.6) is 0 Å². The van der Waals surface area contributed by atoms with Crippen molar-refractivity contribution in [2.45, 2.75) is 6.42 Å². The highest BCUT2D eigenvalue weighted by atomic mass is 35.5. The summed E-state index contributed by atoms with van der Waals surface area (Å²) < 4.78 is 0. The zero-order valence-corrected chi connectivity index (χ0v) is 14.3. The summed E-state index contributed by atoms with van der Waals surface area (Å²) in [5.74, 6) is 1.02. The molecule has 3 heterocycles. The van der Waals surface area contributed by atoms with Gasteiger partial charge in [-0.2, -0.15) is 0 Å². The first-order valence-corrected chi connectivity index (χ1v) is 8.81. The number of halogens is 1. The van der Waals surface area contributed by atoms with Crippen molar-refractivity contribution in [3.63, 3.8) is 0 Å². The molecule has 3 aromatic rings. The molecule has 5 heteroatoms. The molecule has 24 heavy (non-hydrogen) atoms.